The molecule has 0 heterocycles. The quantitative estimate of drug-likeness (QED) is 0.279. The fraction of sp³-hybridized carbons (Fsp3) is 0.200. The van der Waals surface area contributed by atoms with E-state index in [1.807, 2.05) is 0 Å². The molecule has 0 N–H and O–H groups in total. The number of Topliss-reactive ketones (excluding diaryl/α,β-unsaturated/α-hetero) is 1. The van der Waals surface area contributed by atoms with Gasteiger partial charge in [0.05, 0.1) is 15.7 Å². The Balaban J connectivity index is 3.10. The van der Waals surface area contributed by atoms with Crippen LogP contribution in [0.4, 0.5) is 8.78 Å². The van der Waals surface area contributed by atoms with E-state index in [1.54, 1.807) is 22.6 Å². The molecular formula is C10H7F2IO3. The summed E-state index contributed by atoms with van der Waals surface area (Å²) in [5, 5.41) is 0. The molecule has 16 heavy (non-hydrogen) atoms. The fourth-order valence-electron chi connectivity index (χ4n) is 1.01. The van der Waals surface area contributed by atoms with E-state index >= 15 is 0 Å². The Labute approximate surface area is 104 Å². The molecule has 6 heteroatoms. The van der Waals surface area contributed by atoms with Gasteiger partial charge in [-0.15, -0.1) is 0 Å². The summed E-state index contributed by atoms with van der Waals surface area (Å²) in [5.41, 5.74) is -0.614. The highest BCUT2D eigenvalue weighted by molar-refractivity contribution is 14.1. The normalized spacial score (nSPS) is 10.0. The number of hydrogen-bond donors (Lipinski definition) is 0. The second-order valence-corrected chi connectivity index (χ2v) is 3.93. The Bertz CT molecular complexity index is 446. The zero-order chi connectivity index (χ0) is 12.3. The van der Waals surface area contributed by atoms with Crippen molar-refractivity contribution in [1.82, 2.24) is 0 Å². The van der Waals surface area contributed by atoms with Gasteiger partial charge in [-0.2, -0.15) is 0 Å². The molecule has 0 unspecified atom stereocenters. The molecule has 0 bridgehead atoms. The molecule has 1 rings (SSSR count). The lowest BCUT2D eigenvalue weighted by Gasteiger charge is -2.04. The van der Waals surface area contributed by atoms with Crippen LogP contribution in [0.5, 0.6) is 0 Å². The average molecular weight is 340 g/mol. The van der Waals surface area contributed by atoms with Crippen LogP contribution >= 0.6 is 22.6 Å². The van der Waals surface area contributed by atoms with E-state index < -0.39 is 29.0 Å². The van der Waals surface area contributed by atoms with E-state index in [9.17, 15) is 18.4 Å². The Morgan fingerprint density at radius 3 is 2.50 bits per heavy atom. The number of esters is 1. The highest BCUT2D eigenvalue weighted by Gasteiger charge is 2.24. The zero-order valence-electron chi connectivity index (χ0n) is 8.22. The fourth-order valence-corrected chi connectivity index (χ4v) is 1.42. The van der Waals surface area contributed by atoms with E-state index in [-0.39, 0.29) is 10.2 Å². The second-order valence-electron chi connectivity index (χ2n) is 2.77. The number of rotatable bonds is 3. The maximum absolute atomic E-state index is 13.3. The summed E-state index contributed by atoms with van der Waals surface area (Å²) < 4.78 is 30.9. The molecule has 0 aromatic heterocycles. The number of hydrogen-bond acceptors (Lipinski definition) is 3. The summed E-state index contributed by atoms with van der Waals surface area (Å²) in [6, 6.07) is 2.27. The van der Waals surface area contributed by atoms with Crippen molar-refractivity contribution in [2.45, 2.75) is 6.92 Å². The van der Waals surface area contributed by atoms with Crippen molar-refractivity contribution in [3.05, 3.63) is 32.9 Å². The predicted molar refractivity (Wildman–Crippen MR) is 60.0 cm³/mol. The first-order valence-corrected chi connectivity index (χ1v) is 5.41. The number of carbonyl (C=O) groups is 2. The van der Waals surface area contributed by atoms with Crippen LogP contribution in [-0.2, 0) is 9.53 Å². The van der Waals surface area contributed by atoms with E-state index in [0.29, 0.717) is 0 Å². The molecule has 0 radical (unpaired) electrons. The van der Waals surface area contributed by atoms with Crippen molar-refractivity contribution in [1.29, 1.82) is 0 Å². The van der Waals surface area contributed by atoms with Gasteiger partial charge in [-0.25, -0.2) is 13.6 Å². The van der Waals surface area contributed by atoms with Gasteiger partial charge in [0.15, 0.2) is 11.6 Å². The molecule has 0 aliphatic heterocycles. The lowest BCUT2D eigenvalue weighted by atomic mass is 10.1. The molecule has 0 atom stereocenters. The van der Waals surface area contributed by atoms with Gasteiger partial charge in [-0.05, 0) is 41.6 Å². The van der Waals surface area contributed by atoms with Crippen molar-refractivity contribution in [2.24, 2.45) is 0 Å². The molecule has 3 nitrogen and oxygen atoms in total. The minimum absolute atomic E-state index is 0.000950. The van der Waals surface area contributed by atoms with E-state index in [4.69, 9.17) is 0 Å². The lowest BCUT2D eigenvalue weighted by Crippen LogP contribution is -2.19. The maximum Gasteiger partial charge on any atom is 0.379 e. The van der Waals surface area contributed by atoms with E-state index in [2.05, 4.69) is 4.74 Å². The summed E-state index contributed by atoms with van der Waals surface area (Å²) in [4.78, 5) is 22.4. The van der Waals surface area contributed by atoms with E-state index in [1.165, 1.54) is 13.0 Å². The third-order valence-electron chi connectivity index (χ3n) is 1.74. The van der Waals surface area contributed by atoms with Crippen LogP contribution in [0.2, 0.25) is 0 Å². The molecule has 1 aromatic rings. The summed E-state index contributed by atoms with van der Waals surface area (Å²) in [5.74, 6) is -4.85. The number of benzene rings is 1. The number of halogens is 3. The number of ketones is 1. The Morgan fingerprint density at radius 2 is 1.94 bits per heavy atom. The van der Waals surface area contributed by atoms with Crippen molar-refractivity contribution >= 4 is 34.3 Å². The van der Waals surface area contributed by atoms with Gasteiger partial charge in [0.25, 0.3) is 5.78 Å². The van der Waals surface area contributed by atoms with Gasteiger partial charge in [-0.3, -0.25) is 4.79 Å². The largest absolute Gasteiger partial charge is 0.460 e. The van der Waals surface area contributed by atoms with Crippen molar-refractivity contribution in [3.8, 4) is 0 Å². The van der Waals surface area contributed by atoms with Crippen molar-refractivity contribution in [2.75, 3.05) is 6.61 Å². The number of ether oxygens (including phenoxy) is 1. The molecule has 0 aliphatic carbocycles. The minimum Gasteiger partial charge on any atom is -0.460 e. The van der Waals surface area contributed by atoms with Crippen LogP contribution in [0.25, 0.3) is 0 Å². The van der Waals surface area contributed by atoms with Crippen LogP contribution in [0.3, 0.4) is 0 Å². The zero-order valence-corrected chi connectivity index (χ0v) is 10.4. The summed E-state index contributed by atoms with van der Waals surface area (Å²) in [7, 11) is 0. The molecule has 0 spiro atoms. The van der Waals surface area contributed by atoms with Gasteiger partial charge in [-0.1, -0.05) is 0 Å². The summed E-state index contributed by atoms with van der Waals surface area (Å²) >= 11 is 1.58. The SMILES string of the molecule is CCOC(=O)C(=O)c1ccc(I)c(F)c1F. The standard InChI is InChI=1S/C10H7F2IO3/c1-2-16-10(15)9(14)5-3-4-6(13)8(12)7(5)11/h3-4H,2H2,1H3. The Hall–Kier alpha value is -1.05. The molecular weight excluding hydrogens is 333 g/mol. The molecule has 0 saturated carbocycles. The molecule has 0 fully saturated rings. The third-order valence-corrected chi connectivity index (χ3v) is 2.57. The smallest absolute Gasteiger partial charge is 0.379 e. The van der Waals surface area contributed by atoms with Crippen LogP contribution in [0.1, 0.15) is 17.3 Å². The molecule has 0 saturated heterocycles. The topological polar surface area (TPSA) is 43.4 Å². The first-order valence-electron chi connectivity index (χ1n) is 4.34. The van der Waals surface area contributed by atoms with Crippen LogP contribution in [0, 0.1) is 15.2 Å². The highest BCUT2D eigenvalue weighted by atomic mass is 127. The van der Waals surface area contributed by atoms with Gasteiger partial charge in [0.1, 0.15) is 0 Å². The van der Waals surface area contributed by atoms with Crippen LogP contribution in [-0.4, -0.2) is 18.4 Å². The van der Waals surface area contributed by atoms with Crippen molar-refractivity contribution in [3.63, 3.8) is 0 Å². The summed E-state index contributed by atoms with van der Waals surface area (Å²) in [6.45, 7) is 1.51. The number of carbonyl (C=O) groups excluding carboxylic acids is 2. The maximum atomic E-state index is 13.3. The van der Waals surface area contributed by atoms with Gasteiger partial charge < -0.3 is 4.74 Å². The Morgan fingerprint density at radius 1 is 1.31 bits per heavy atom. The first kappa shape index (κ1) is 13.0. The monoisotopic (exact) mass is 340 g/mol. The summed E-state index contributed by atoms with van der Waals surface area (Å²) in [6.07, 6.45) is 0. The average Bonchev–Trinajstić information content (AvgIpc) is 2.26. The Kier molecular flexibility index (Phi) is 4.34. The minimum atomic E-state index is -1.33. The molecule has 1 aromatic carbocycles. The highest BCUT2D eigenvalue weighted by Crippen LogP contribution is 2.18. The van der Waals surface area contributed by atoms with Gasteiger partial charge in [0, 0.05) is 0 Å². The van der Waals surface area contributed by atoms with E-state index in [0.717, 1.165) is 6.07 Å². The third kappa shape index (κ3) is 2.55. The van der Waals surface area contributed by atoms with Gasteiger partial charge >= 0.3 is 5.97 Å². The molecule has 0 aliphatic rings. The predicted octanol–water partition coefficient (Wildman–Crippen LogP) is 2.32. The first-order chi connectivity index (χ1) is 7.49. The second kappa shape index (κ2) is 5.33. The van der Waals surface area contributed by atoms with Crippen LogP contribution < -0.4 is 0 Å². The van der Waals surface area contributed by atoms with Crippen molar-refractivity contribution < 1.29 is 23.1 Å². The lowest BCUT2D eigenvalue weighted by molar-refractivity contribution is -0.137. The van der Waals surface area contributed by atoms with Gasteiger partial charge in [0.2, 0.25) is 0 Å². The molecule has 86 valence electrons. The molecule has 0 amide bonds. The van der Waals surface area contributed by atoms with Crippen LogP contribution in [0.15, 0.2) is 12.1 Å².